The van der Waals surface area contributed by atoms with Gasteiger partial charge in [0, 0.05) is 18.7 Å². The largest absolute Gasteiger partial charge is 0.481 e. The molecule has 1 aromatic rings. The lowest BCUT2D eigenvalue weighted by molar-refractivity contribution is -0.142. The van der Waals surface area contributed by atoms with Crippen molar-refractivity contribution in [2.75, 3.05) is 13.1 Å². The van der Waals surface area contributed by atoms with Gasteiger partial charge in [-0.15, -0.1) is 0 Å². The number of carboxylic acid groups (broad SMARTS) is 1. The first-order valence-corrected chi connectivity index (χ1v) is 8.36. The van der Waals surface area contributed by atoms with Crippen molar-refractivity contribution in [3.63, 3.8) is 0 Å². The molecule has 0 atom stereocenters. The number of hydrogen-bond donors (Lipinski definition) is 1. The molecule has 0 amide bonds. The first kappa shape index (κ1) is 15.9. The van der Waals surface area contributed by atoms with Crippen LogP contribution in [0.1, 0.15) is 24.0 Å². The molecule has 1 aromatic carbocycles. The van der Waals surface area contributed by atoms with Crippen molar-refractivity contribution in [3.05, 3.63) is 35.1 Å². The molecule has 1 fully saturated rings. The van der Waals surface area contributed by atoms with Gasteiger partial charge in [0.05, 0.1) is 11.7 Å². The summed E-state index contributed by atoms with van der Waals surface area (Å²) in [6.45, 7) is 2.08. The number of sulfonamides is 1. The van der Waals surface area contributed by atoms with Gasteiger partial charge in [0.25, 0.3) is 0 Å². The molecular weight excluding hydrogens is 297 g/mol. The zero-order valence-corrected chi connectivity index (χ0v) is 12.6. The minimum absolute atomic E-state index is 0.140. The normalized spacial score (nSPS) is 17.8. The summed E-state index contributed by atoms with van der Waals surface area (Å²) in [6, 6.07) is 4.46. The van der Waals surface area contributed by atoms with Gasteiger partial charge in [0.2, 0.25) is 10.0 Å². The lowest BCUT2D eigenvalue weighted by Gasteiger charge is -2.29. The van der Waals surface area contributed by atoms with Crippen LogP contribution in [0.25, 0.3) is 0 Å². The van der Waals surface area contributed by atoms with Crippen molar-refractivity contribution in [1.29, 1.82) is 0 Å². The Hall–Kier alpha value is -1.47. The molecule has 0 saturated carbocycles. The molecule has 116 valence electrons. The predicted octanol–water partition coefficient (Wildman–Crippen LogP) is 1.76. The number of aryl methyl sites for hydroxylation is 1. The average molecular weight is 315 g/mol. The number of carboxylic acids is 1. The van der Waals surface area contributed by atoms with Crippen LogP contribution in [-0.2, 0) is 20.6 Å². The minimum Gasteiger partial charge on any atom is -0.481 e. The number of halogens is 1. The molecule has 0 unspecified atom stereocenters. The fraction of sp³-hybridized carbons (Fsp3) is 0.500. The third kappa shape index (κ3) is 3.79. The van der Waals surface area contributed by atoms with E-state index in [0.29, 0.717) is 12.8 Å². The highest BCUT2D eigenvalue weighted by atomic mass is 32.2. The van der Waals surface area contributed by atoms with E-state index in [2.05, 4.69) is 0 Å². The fourth-order valence-corrected chi connectivity index (χ4v) is 4.01. The third-order valence-electron chi connectivity index (χ3n) is 3.74. The molecule has 1 N–H and O–H groups in total. The van der Waals surface area contributed by atoms with Gasteiger partial charge >= 0.3 is 5.97 Å². The van der Waals surface area contributed by atoms with Gasteiger partial charge in [0.15, 0.2) is 0 Å². The Morgan fingerprint density at radius 2 is 2.00 bits per heavy atom. The Morgan fingerprint density at radius 3 is 2.52 bits per heavy atom. The van der Waals surface area contributed by atoms with Gasteiger partial charge in [-0.2, -0.15) is 0 Å². The molecule has 21 heavy (non-hydrogen) atoms. The van der Waals surface area contributed by atoms with Gasteiger partial charge in [-0.1, -0.05) is 12.1 Å². The highest BCUT2D eigenvalue weighted by Gasteiger charge is 2.31. The van der Waals surface area contributed by atoms with Crippen LogP contribution in [0.3, 0.4) is 0 Å². The van der Waals surface area contributed by atoms with Crippen molar-refractivity contribution in [3.8, 4) is 0 Å². The SMILES string of the molecule is Cc1ccc(CS(=O)(=O)N2CCC(C(=O)O)CC2)c(F)c1. The van der Waals surface area contributed by atoms with Gasteiger partial charge < -0.3 is 5.11 Å². The average Bonchev–Trinajstić information content (AvgIpc) is 2.42. The molecule has 0 spiro atoms. The molecule has 1 saturated heterocycles. The molecule has 2 rings (SSSR count). The van der Waals surface area contributed by atoms with E-state index in [9.17, 15) is 17.6 Å². The van der Waals surface area contributed by atoms with Crippen LogP contribution in [0.5, 0.6) is 0 Å². The quantitative estimate of drug-likeness (QED) is 0.919. The summed E-state index contributed by atoms with van der Waals surface area (Å²) >= 11 is 0. The summed E-state index contributed by atoms with van der Waals surface area (Å²) in [5.41, 5.74) is 0.872. The first-order valence-electron chi connectivity index (χ1n) is 6.75. The zero-order valence-electron chi connectivity index (χ0n) is 11.8. The number of aliphatic carboxylic acids is 1. The highest BCUT2D eigenvalue weighted by molar-refractivity contribution is 7.88. The summed E-state index contributed by atoms with van der Waals surface area (Å²) in [5, 5.41) is 8.91. The maximum Gasteiger partial charge on any atom is 0.306 e. The third-order valence-corrected chi connectivity index (χ3v) is 5.57. The Balaban J connectivity index is 2.07. The second kappa shape index (κ2) is 6.11. The van der Waals surface area contributed by atoms with E-state index in [1.807, 2.05) is 0 Å². The minimum atomic E-state index is -3.62. The number of hydrogen-bond acceptors (Lipinski definition) is 3. The summed E-state index contributed by atoms with van der Waals surface area (Å²) < 4.78 is 39.6. The van der Waals surface area contributed by atoms with E-state index in [4.69, 9.17) is 5.11 Å². The Kier molecular flexibility index (Phi) is 4.63. The predicted molar refractivity (Wildman–Crippen MR) is 75.7 cm³/mol. The van der Waals surface area contributed by atoms with E-state index >= 15 is 0 Å². The monoisotopic (exact) mass is 315 g/mol. The van der Waals surface area contributed by atoms with Crippen LogP contribution < -0.4 is 0 Å². The van der Waals surface area contributed by atoms with E-state index in [0.717, 1.165) is 5.56 Å². The lowest BCUT2D eigenvalue weighted by Crippen LogP contribution is -2.40. The van der Waals surface area contributed by atoms with E-state index < -0.39 is 33.5 Å². The Bertz CT molecular complexity index is 636. The second-order valence-electron chi connectivity index (χ2n) is 5.36. The molecule has 1 aliphatic heterocycles. The number of benzene rings is 1. The highest BCUT2D eigenvalue weighted by Crippen LogP contribution is 2.22. The Labute approximate surface area is 123 Å². The molecule has 1 heterocycles. The van der Waals surface area contributed by atoms with Gasteiger partial charge in [-0.3, -0.25) is 4.79 Å². The number of nitrogens with zero attached hydrogens (tertiary/aromatic N) is 1. The number of rotatable bonds is 4. The maximum atomic E-state index is 13.8. The molecule has 1 aliphatic rings. The standard InChI is InChI=1S/C14H18FNO4S/c1-10-2-3-12(13(15)8-10)9-21(19,20)16-6-4-11(5-7-16)14(17)18/h2-3,8,11H,4-7,9H2,1H3,(H,17,18). The van der Waals surface area contributed by atoms with Crippen molar-refractivity contribution in [2.45, 2.75) is 25.5 Å². The first-order chi connectivity index (χ1) is 9.79. The molecule has 7 heteroatoms. The van der Waals surface area contributed by atoms with Crippen LogP contribution in [0.4, 0.5) is 4.39 Å². The fourth-order valence-electron chi connectivity index (χ4n) is 2.44. The summed E-state index contributed by atoms with van der Waals surface area (Å²) in [4.78, 5) is 10.9. The molecule has 0 radical (unpaired) electrons. The molecule has 0 aliphatic carbocycles. The number of carbonyl (C=O) groups is 1. The van der Waals surface area contributed by atoms with E-state index in [-0.39, 0.29) is 18.7 Å². The van der Waals surface area contributed by atoms with E-state index in [1.54, 1.807) is 13.0 Å². The van der Waals surface area contributed by atoms with E-state index in [1.165, 1.54) is 16.4 Å². The molecule has 5 nitrogen and oxygen atoms in total. The summed E-state index contributed by atoms with van der Waals surface area (Å²) in [7, 11) is -3.62. The van der Waals surface area contributed by atoms with Crippen molar-refractivity contribution in [1.82, 2.24) is 4.31 Å². The Morgan fingerprint density at radius 1 is 1.38 bits per heavy atom. The number of piperidine rings is 1. The second-order valence-corrected chi connectivity index (χ2v) is 7.33. The molecule has 0 bridgehead atoms. The van der Waals surface area contributed by atoms with Gasteiger partial charge in [0.1, 0.15) is 5.82 Å². The topological polar surface area (TPSA) is 74.7 Å². The molecule has 0 aromatic heterocycles. The van der Waals surface area contributed by atoms with Crippen molar-refractivity contribution >= 4 is 16.0 Å². The van der Waals surface area contributed by atoms with Crippen LogP contribution in [0.15, 0.2) is 18.2 Å². The van der Waals surface area contributed by atoms with Crippen molar-refractivity contribution < 1.29 is 22.7 Å². The van der Waals surface area contributed by atoms with Crippen LogP contribution >= 0.6 is 0 Å². The van der Waals surface area contributed by atoms with Crippen molar-refractivity contribution in [2.24, 2.45) is 5.92 Å². The van der Waals surface area contributed by atoms with Gasteiger partial charge in [-0.05, 0) is 31.4 Å². The summed E-state index contributed by atoms with van der Waals surface area (Å²) in [6.07, 6.45) is 0.593. The smallest absolute Gasteiger partial charge is 0.306 e. The molecular formula is C14H18FNO4S. The van der Waals surface area contributed by atoms with Crippen LogP contribution in [-0.4, -0.2) is 36.9 Å². The lowest BCUT2D eigenvalue weighted by atomic mass is 9.99. The maximum absolute atomic E-state index is 13.8. The van der Waals surface area contributed by atoms with Crippen LogP contribution in [0.2, 0.25) is 0 Å². The summed E-state index contributed by atoms with van der Waals surface area (Å²) in [5.74, 6) is -2.31. The van der Waals surface area contributed by atoms with Crippen LogP contribution in [0, 0.1) is 18.7 Å². The zero-order chi connectivity index (χ0) is 15.6. The van der Waals surface area contributed by atoms with Gasteiger partial charge in [-0.25, -0.2) is 17.1 Å².